The summed E-state index contributed by atoms with van der Waals surface area (Å²) in [4.78, 5) is 23.9. The molecule has 0 saturated heterocycles. The molecule has 2 heterocycles. The van der Waals surface area contributed by atoms with Crippen LogP contribution >= 0.6 is 11.3 Å². The van der Waals surface area contributed by atoms with Crippen molar-refractivity contribution in [1.29, 1.82) is 0 Å². The van der Waals surface area contributed by atoms with Gasteiger partial charge >= 0.3 is 0 Å². The normalized spacial score (nSPS) is 12.5. The molecule has 1 atom stereocenters. The summed E-state index contributed by atoms with van der Waals surface area (Å²) in [5.74, 6) is -0.193. The molecule has 1 N–H and O–H groups in total. The van der Waals surface area contributed by atoms with Crippen LogP contribution in [0.15, 0.2) is 28.5 Å². The van der Waals surface area contributed by atoms with Crippen LogP contribution in [0.2, 0.25) is 0 Å². The van der Waals surface area contributed by atoms with Crippen LogP contribution in [0, 0.1) is 0 Å². The third-order valence-corrected chi connectivity index (χ3v) is 3.61. The first-order valence-corrected chi connectivity index (χ1v) is 6.84. The lowest BCUT2D eigenvalue weighted by atomic mass is 10.3. The topological polar surface area (TPSA) is 60.3 Å². The Labute approximate surface area is 114 Å². The van der Waals surface area contributed by atoms with E-state index in [0.29, 0.717) is 12.0 Å². The molecule has 19 heavy (non-hydrogen) atoms. The summed E-state index contributed by atoms with van der Waals surface area (Å²) in [6, 6.07) is 3.57. The van der Waals surface area contributed by atoms with E-state index < -0.39 is 0 Å². The summed E-state index contributed by atoms with van der Waals surface area (Å²) in [7, 11) is 1.58. The molecule has 2 rings (SSSR count). The fraction of sp³-hybridized carbons (Fsp3) is 0.385. The minimum absolute atomic E-state index is 0.0265. The Morgan fingerprint density at radius 2 is 2.32 bits per heavy atom. The summed E-state index contributed by atoms with van der Waals surface area (Å²) < 4.78 is 7.30. The SMILES string of the molecule is COCC(C)NC(=O)Cn1ccc2sccc2c1=O. The van der Waals surface area contributed by atoms with Crippen molar-refractivity contribution in [1.82, 2.24) is 9.88 Å². The average molecular weight is 280 g/mol. The maximum absolute atomic E-state index is 12.1. The van der Waals surface area contributed by atoms with Gasteiger partial charge in [-0.3, -0.25) is 9.59 Å². The molecule has 0 aromatic carbocycles. The minimum Gasteiger partial charge on any atom is -0.383 e. The monoisotopic (exact) mass is 280 g/mol. The van der Waals surface area contributed by atoms with E-state index in [0.717, 1.165) is 4.70 Å². The van der Waals surface area contributed by atoms with Gasteiger partial charge in [-0.15, -0.1) is 11.3 Å². The smallest absolute Gasteiger partial charge is 0.259 e. The first-order valence-electron chi connectivity index (χ1n) is 5.96. The van der Waals surface area contributed by atoms with Crippen molar-refractivity contribution in [2.24, 2.45) is 0 Å². The molecular formula is C13H16N2O3S. The summed E-state index contributed by atoms with van der Waals surface area (Å²) in [5, 5.41) is 5.31. The number of carbonyl (C=O) groups excluding carboxylic acids is 1. The lowest BCUT2D eigenvalue weighted by molar-refractivity contribution is -0.122. The van der Waals surface area contributed by atoms with Crippen molar-refractivity contribution in [2.45, 2.75) is 19.5 Å². The standard InChI is InChI=1S/C13H16N2O3S/c1-9(8-18-2)14-12(16)7-15-5-3-11-10(13(15)17)4-6-19-11/h3-6,9H,7-8H2,1-2H3,(H,14,16). The van der Waals surface area contributed by atoms with Gasteiger partial charge in [0.25, 0.3) is 5.56 Å². The summed E-state index contributed by atoms with van der Waals surface area (Å²) in [5.41, 5.74) is -0.131. The number of fused-ring (bicyclic) bond motifs is 1. The van der Waals surface area contributed by atoms with E-state index in [1.165, 1.54) is 15.9 Å². The van der Waals surface area contributed by atoms with Crippen molar-refractivity contribution in [2.75, 3.05) is 13.7 Å². The molecule has 0 aliphatic carbocycles. The summed E-state index contributed by atoms with van der Waals surface area (Å²) in [6.07, 6.45) is 1.65. The number of rotatable bonds is 5. The van der Waals surface area contributed by atoms with E-state index in [4.69, 9.17) is 4.74 Å². The number of aromatic nitrogens is 1. The molecule has 6 heteroatoms. The number of hydrogen-bond acceptors (Lipinski definition) is 4. The molecule has 0 fully saturated rings. The second kappa shape index (κ2) is 5.99. The van der Waals surface area contributed by atoms with Crippen LogP contribution in [0.5, 0.6) is 0 Å². The van der Waals surface area contributed by atoms with Gasteiger partial charge in [-0.1, -0.05) is 0 Å². The van der Waals surface area contributed by atoms with Crippen LogP contribution in [0.25, 0.3) is 10.1 Å². The Hall–Kier alpha value is -1.66. The summed E-state index contributed by atoms with van der Waals surface area (Å²) >= 11 is 1.52. The Morgan fingerprint density at radius 3 is 3.05 bits per heavy atom. The molecule has 0 aliphatic heterocycles. The molecule has 0 spiro atoms. The highest BCUT2D eigenvalue weighted by molar-refractivity contribution is 7.17. The van der Waals surface area contributed by atoms with E-state index >= 15 is 0 Å². The van der Waals surface area contributed by atoms with Gasteiger partial charge in [0, 0.05) is 24.0 Å². The first-order chi connectivity index (χ1) is 9.11. The number of nitrogens with zero attached hydrogens (tertiary/aromatic N) is 1. The van der Waals surface area contributed by atoms with E-state index in [2.05, 4.69) is 5.32 Å². The molecule has 102 valence electrons. The zero-order chi connectivity index (χ0) is 13.8. The Kier molecular flexibility index (Phi) is 4.34. The van der Waals surface area contributed by atoms with Crippen molar-refractivity contribution in [3.63, 3.8) is 0 Å². The second-order valence-corrected chi connectivity index (χ2v) is 5.32. The van der Waals surface area contributed by atoms with Crippen molar-refractivity contribution in [3.05, 3.63) is 34.1 Å². The number of nitrogens with one attached hydrogen (secondary N) is 1. The molecule has 2 aromatic rings. The average Bonchev–Trinajstić information content (AvgIpc) is 2.82. The van der Waals surface area contributed by atoms with E-state index in [1.807, 2.05) is 18.4 Å². The quantitative estimate of drug-likeness (QED) is 0.895. The maximum Gasteiger partial charge on any atom is 0.259 e. The predicted molar refractivity (Wildman–Crippen MR) is 75.6 cm³/mol. The van der Waals surface area contributed by atoms with Crippen molar-refractivity contribution >= 4 is 27.3 Å². The van der Waals surface area contributed by atoms with Crippen LogP contribution in [-0.4, -0.2) is 30.2 Å². The zero-order valence-electron chi connectivity index (χ0n) is 10.9. The molecule has 0 radical (unpaired) electrons. The minimum atomic E-state index is -0.193. The third kappa shape index (κ3) is 3.21. The molecular weight excluding hydrogens is 264 g/mol. The van der Waals surface area contributed by atoms with Gasteiger partial charge in [0.1, 0.15) is 6.54 Å². The van der Waals surface area contributed by atoms with Crippen LogP contribution in [-0.2, 0) is 16.1 Å². The van der Waals surface area contributed by atoms with Gasteiger partial charge in [-0.05, 0) is 24.4 Å². The fourth-order valence-corrected chi connectivity index (χ4v) is 2.67. The Balaban J connectivity index is 2.11. The maximum atomic E-state index is 12.1. The highest BCUT2D eigenvalue weighted by Gasteiger charge is 2.10. The number of carbonyl (C=O) groups is 1. The molecule has 1 amide bonds. The Morgan fingerprint density at radius 1 is 1.53 bits per heavy atom. The van der Waals surface area contributed by atoms with Crippen LogP contribution in [0.1, 0.15) is 6.92 Å². The molecule has 0 aliphatic rings. The van der Waals surface area contributed by atoms with Crippen LogP contribution in [0.3, 0.4) is 0 Å². The van der Waals surface area contributed by atoms with Crippen LogP contribution in [0.4, 0.5) is 0 Å². The lowest BCUT2D eigenvalue weighted by Gasteiger charge is -2.13. The second-order valence-electron chi connectivity index (χ2n) is 4.37. The Bertz CT molecular complexity index is 632. The first kappa shape index (κ1) is 13.8. The van der Waals surface area contributed by atoms with Crippen molar-refractivity contribution < 1.29 is 9.53 Å². The molecule has 0 saturated carbocycles. The fourth-order valence-electron chi connectivity index (χ4n) is 1.90. The number of ether oxygens (including phenoxy) is 1. The molecule has 1 unspecified atom stereocenters. The van der Waals surface area contributed by atoms with Gasteiger partial charge in [0.15, 0.2) is 0 Å². The number of hydrogen-bond donors (Lipinski definition) is 1. The van der Waals surface area contributed by atoms with Gasteiger partial charge < -0.3 is 14.6 Å². The molecule has 0 bridgehead atoms. The molecule has 5 nitrogen and oxygen atoms in total. The number of amides is 1. The van der Waals surface area contributed by atoms with Gasteiger partial charge in [0.05, 0.1) is 12.0 Å². The van der Waals surface area contributed by atoms with Crippen LogP contribution < -0.4 is 10.9 Å². The van der Waals surface area contributed by atoms with E-state index in [1.54, 1.807) is 19.4 Å². The highest BCUT2D eigenvalue weighted by Crippen LogP contribution is 2.15. The predicted octanol–water partition coefficient (Wildman–Crippen LogP) is 1.21. The van der Waals surface area contributed by atoms with E-state index in [9.17, 15) is 9.59 Å². The lowest BCUT2D eigenvalue weighted by Crippen LogP contribution is -2.39. The largest absolute Gasteiger partial charge is 0.383 e. The number of methoxy groups -OCH3 is 1. The number of pyridine rings is 1. The third-order valence-electron chi connectivity index (χ3n) is 2.73. The molecule has 2 aromatic heterocycles. The van der Waals surface area contributed by atoms with Crippen molar-refractivity contribution in [3.8, 4) is 0 Å². The van der Waals surface area contributed by atoms with Gasteiger partial charge in [-0.25, -0.2) is 0 Å². The zero-order valence-corrected chi connectivity index (χ0v) is 11.7. The highest BCUT2D eigenvalue weighted by atomic mass is 32.1. The van der Waals surface area contributed by atoms with Gasteiger partial charge in [0.2, 0.25) is 5.91 Å². The van der Waals surface area contributed by atoms with Gasteiger partial charge in [-0.2, -0.15) is 0 Å². The van der Waals surface area contributed by atoms with E-state index in [-0.39, 0.29) is 24.1 Å². The summed E-state index contributed by atoms with van der Waals surface area (Å²) in [6.45, 7) is 2.33. The number of thiophene rings is 1.